The highest BCUT2D eigenvalue weighted by Gasteiger charge is 2.33. The van der Waals surface area contributed by atoms with Gasteiger partial charge in [-0.2, -0.15) is 0 Å². The quantitative estimate of drug-likeness (QED) is 0.730. The van der Waals surface area contributed by atoms with Gasteiger partial charge in [0.25, 0.3) is 0 Å². The second kappa shape index (κ2) is 4.22. The molecule has 5 unspecified atom stereocenters. The van der Waals surface area contributed by atoms with E-state index in [-0.39, 0.29) is 0 Å². The first-order valence-corrected chi connectivity index (χ1v) is 6.40. The molecule has 1 nitrogen and oxygen atoms in total. The lowest BCUT2D eigenvalue weighted by Crippen LogP contribution is -2.40. The van der Waals surface area contributed by atoms with Gasteiger partial charge in [0.05, 0.1) is 0 Å². The average molecular weight is 195 g/mol. The topological polar surface area (TPSA) is 12.0 Å². The van der Waals surface area contributed by atoms with Crippen molar-refractivity contribution in [2.24, 2.45) is 23.7 Å². The number of nitrogens with one attached hydrogen (secondary N) is 1. The third-order valence-corrected chi connectivity index (χ3v) is 4.38. The summed E-state index contributed by atoms with van der Waals surface area (Å²) in [6, 6.07) is 0.812. The summed E-state index contributed by atoms with van der Waals surface area (Å²) in [6.07, 6.45) is 5.74. The van der Waals surface area contributed by atoms with Crippen LogP contribution in [0.4, 0.5) is 0 Å². The molecule has 14 heavy (non-hydrogen) atoms. The van der Waals surface area contributed by atoms with Crippen LogP contribution in [0.15, 0.2) is 0 Å². The van der Waals surface area contributed by atoms with Crippen molar-refractivity contribution in [1.29, 1.82) is 0 Å². The van der Waals surface area contributed by atoms with Gasteiger partial charge in [0.15, 0.2) is 0 Å². The second-order valence-electron chi connectivity index (χ2n) is 5.88. The van der Waals surface area contributed by atoms with E-state index in [1.807, 2.05) is 0 Å². The summed E-state index contributed by atoms with van der Waals surface area (Å²) < 4.78 is 0. The molecular formula is C13H25N. The van der Waals surface area contributed by atoms with Crippen LogP contribution in [0.3, 0.4) is 0 Å². The van der Waals surface area contributed by atoms with E-state index >= 15 is 0 Å². The van der Waals surface area contributed by atoms with Crippen LogP contribution >= 0.6 is 0 Å². The highest BCUT2D eigenvalue weighted by Crippen LogP contribution is 2.37. The van der Waals surface area contributed by atoms with Gasteiger partial charge in [0.2, 0.25) is 0 Å². The largest absolute Gasteiger partial charge is 0.313 e. The zero-order valence-electron chi connectivity index (χ0n) is 9.92. The Kier molecular flexibility index (Phi) is 3.16. The van der Waals surface area contributed by atoms with E-state index in [4.69, 9.17) is 0 Å². The van der Waals surface area contributed by atoms with Crippen LogP contribution in [-0.4, -0.2) is 12.6 Å². The van der Waals surface area contributed by atoms with E-state index in [1.165, 1.54) is 32.2 Å². The third kappa shape index (κ3) is 2.50. The molecule has 82 valence electrons. The van der Waals surface area contributed by atoms with Gasteiger partial charge >= 0.3 is 0 Å². The summed E-state index contributed by atoms with van der Waals surface area (Å²) in [6.45, 7) is 8.47. The number of rotatable bonds is 3. The SMILES string of the molecule is CC1CCC(C)C(NCC2CC2C)C1. The standard InChI is InChI=1S/C13H25N/c1-9-4-5-10(2)13(6-9)14-8-12-7-11(12)3/h9-14H,4-8H2,1-3H3. The first-order chi connectivity index (χ1) is 6.66. The van der Waals surface area contributed by atoms with Gasteiger partial charge in [0.1, 0.15) is 0 Å². The highest BCUT2D eigenvalue weighted by atomic mass is 14.9. The Balaban J connectivity index is 1.72. The molecule has 0 aromatic rings. The lowest BCUT2D eigenvalue weighted by Gasteiger charge is -2.33. The normalized spacial score (nSPS) is 47.8. The summed E-state index contributed by atoms with van der Waals surface area (Å²) >= 11 is 0. The maximum atomic E-state index is 3.79. The van der Waals surface area contributed by atoms with Crippen LogP contribution in [0.2, 0.25) is 0 Å². The summed E-state index contributed by atoms with van der Waals surface area (Å²) in [5, 5.41) is 3.79. The molecule has 2 saturated carbocycles. The van der Waals surface area contributed by atoms with E-state index < -0.39 is 0 Å². The van der Waals surface area contributed by atoms with Crippen molar-refractivity contribution < 1.29 is 0 Å². The first-order valence-electron chi connectivity index (χ1n) is 6.40. The van der Waals surface area contributed by atoms with Gasteiger partial charge in [-0.3, -0.25) is 0 Å². The van der Waals surface area contributed by atoms with Crippen molar-refractivity contribution in [1.82, 2.24) is 5.32 Å². The summed E-state index contributed by atoms with van der Waals surface area (Å²) in [4.78, 5) is 0. The molecule has 0 aromatic heterocycles. The summed E-state index contributed by atoms with van der Waals surface area (Å²) in [7, 11) is 0. The van der Waals surface area contributed by atoms with Crippen molar-refractivity contribution in [3.05, 3.63) is 0 Å². The zero-order chi connectivity index (χ0) is 10.1. The van der Waals surface area contributed by atoms with Crippen molar-refractivity contribution >= 4 is 0 Å². The molecule has 0 aliphatic heterocycles. The predicted molar refractivity (Wildman–Crippen MR) is 61.2 cm³/mol. The third-order valence-electron chi connectivity index (χ3n) is 4.38. The monoisotopic (exact) mass is 195 g/mol. The van der Waals surface area contributed by atoms with E-state index in [2.05, 4.69) is 26.1 Å². The molecule has 0 aromatic carbocycles. The summed E-state index contributed by atoms with van der Waals surface area (Å²) in [5.41, 5.74) is 0. The van der Waals surface area contributed by atoms with Gasteiger partial charge in [-0.05, 0) is 49.5 Å². The van der Waals surface area contributed by atoms with E-state index in [0.29, 0.717) is 0 Å². The van der Waals surface area contributed by atoms with E-state index in [0.717, 1.165) is 29.7 Å². The minimum atomic E-state index is 0.812. The van der Waals surface area contributed by atoms with Crippen molar-refractivity contribution in [3.63, 3.8) is 0 Å². The highest BCUT2D eigenvalue weighted by molar-refractivity contribution is 4.88. The maximum absolute atomic E-state index is 3.79. The molecule has 0 bridgehead atoms. The molecular weight excluding hydrogens is 170 g/mol. The van der Waals surface area contributed by atoms with E-state index in [1.54, 1.807) is 0 Å². The van der Waals surface area contributed by atoms with Crippen molar-refractivity contribution in [3.8, 4) is 0 Å². The van der Waals surface area contributed by atoms with Crippen LogP contribution in [0.25, 0.3) is 0 Å². The Morgan fingerprint density at radius 2 is 1.71 bits per heavy atom. The number of hydrogen-bond donors (Lipinski definition) is 1. The molecule has 0 heterocycles. The van der Waals surface area contributed by atoms with Crippen LogP contribution in [0.1, 0.15) is 46.5 Å². The van der Waals surface area contributed by atoms with Gasteiger partial charge in [-0.25, -0.2) is 0 Å². The lowest BCUT2D eigenvalue weighted by molar-refractivity contribution is 0.226. The first kappa shape index (κ1) is 10.5. The minimum Gasteiger partial charge on any atom is -0.313 e. The molecule has 2 rings (SSSR count). The zero-order valence-corrected chi connectivity index (χ0v) is 9.92. The molecule has 5 atom stereocenters. The van der Waals surface area contributed by atoms with Crippen LogP contribution in [-0.2, 0) is 0 Å². The van der Waals surface area contributed by atoms with Crippen molar-refractivity contribution in [2.75, 3.05) is 6.54 Å². The Morgan fingerprint density at radius 3 is 2.36 bits per heavy atom. The Hall–Kier alpha value is -0.0400. The van der Waals surface area contributed by atoms with Crippen molar-refractivity contribution in [2.45, 2.75) is 52.5 Å². The minimum absolute atomic E-state index is 0.812. The molecule has 0 saturated heterocycles. The molecule has 1 N–H and O–H groups in total. The summed E-state index contributed by atoms with van der Waals surface area (Å²) in [5.74, 6) is 3.85. The predicted octanol–water partition coefficient (Wildman–Crippen LogP) is 3.06. The van der Waals surface area contributed by atoms with Gasteiger partial charge in [0, 0.05) is 6.04 Å². The van der Waals surface area contributed by atoms with Crippen LogP contribution < -0.4 is 5.32 Å². The Morgan fingerprint density at radius 1 is 1.00 bits per heavy atom. The molecule has 0 spiro atoms. The molecule has 2 fully saturated rings. The van der Waals surface area contributed by atoms with Gasteiger partial charge < -0.3 is 5.32 Å². The van der Waals surface area contributed by atoms with Crippen LogP contribution in [0.5, 0.6) is 0 Å². The van der Waals surface area contributed by atoms with Gasteiger partial charge in [-0.1, -0.05) is 27.2 Å². The molecule has 2 aliphatic carbocycles. The average Bonchev–Trinajstić information content (AvgIpc) is 2.84. The smallest absolute Gasteiger partial charge is 0.00953 e. The second-order valence-corrected chi connectivity index (χ2v) is 5.88. The molecule has 0 radical (unpaired) electrons. The molecule has 1 heteroatoms. The molecule has 2 aliphatic rings. The van der Waals surface area contributed by atoms with Gasteiger partial charge in [-0.15, -0.1) is 0 Å². The number of hydrogen-bond acceptors (Lipinski definition) is 1. The fourth-order valence-corrected chi connectivity index (χ4v) is 2.80. The fourth-order valence-electron chi connectivity index (χ4n) is 2.80. The van der Waals surface area contributed by atoms with E-state index in [9.17, 15) is 0 Å². The Bertz CT molecular complexity index is 190. The Labute approximate surface area is 88.7 Å². The lowest BCUT2D eigenvalue weighted by atomic mass is 9.80. The van der Waals surface area contributed by atoms with Crippen LogP contribution in [0, 0.1) is 23.7 Å². The molecule has 0 amide bonds. The maximum Gasteiger partial charge on any atom is 0.00953 e. The fraction of sp³-hybridized carbons (Fsp3) is 1.00.